The van der Waals surface area contributed by atoms with E-state index in [0.29, 0.717) is 13.1 Å². The third kappa shape index (κ3) is 3.46. The van der Waals surface area contributed by atoms with Gasteiger partial charge in [0.25, 0.3) is 0 Å². The van der Waals surface area contributed by atoms with Gasteiger partial charge in [-0.1, -0.05) is 6.42 Å². The van der Waals surface area contributed by atoms with Crippen LogP contribution in [-0.4, -0.2) is 42.8 Å². The number of amides is 1. The lowest BCUT2D eigenvalue weighted by atomic mass is 9.88. The lowest BCUT2D eigenvalue weighted by molar-refractivity contribution is -0.137. The second kappa shape index (κ2) is 7.34. The van der Waals surface area contributed by atoms with Crippen molar-refractivity contribution >= 4 is 11.7 Å². The molecule has 0 spiro atoms. The lowest BCUT2D eigenvalue weighted by Gasteiger charge is -2.33. The van der Waals surface area contributed by atoms with Gasteiger partial charge in [0.15, 0.2) is 5.78 Å². The van der Waals surface area contributed by atoms with Crippen molar-refractivity contribution in [3.63, 3.8) is 0 Å². The Balaban J connectivity index is 1.56. The molecular formula is C19H26N2O3. The molecule has 1 saturated carbocycles. The zero-order valence-corrected chi connectivity index (χ0v) is 14.2. The van der Waals surface area contributed by atoms with E-state index in [-0.39, 0.29) is 29.6 Å². The number of benzene rings is 1. The molecule has 130 valence electrons. The number of methoxy groups -OCH3 is 1. The van der Waals surface area contributed by atoms with E-state index < -0.39 is 0 Å². The van der Waals surface area contributed by atoms with Crippen LogP contribution in [0.2, 0.25) is 0 Å². The molecule has 5 heteroatoms. The predicted molar refractivity (Wildman–Crippen MR) is 91.9 cm³/mol. The number of Topliss-reactive ketones (excluding diaryl/α,β-unsaturated/α-hetero) is 1. The van der Waals surface area contributed by atoms with E-state index in [1.165, 1.54) is 0 Å². The number of piperidine rings is 1. The van der Waals surface area contributed by atoms with Gasteiger partial charge in [-0.25, -0.2) is 0 Å². The van der Waals surface area contributed by atoms with Gasteiger partial charge < -0.3 is 15.4 Å². The molecule has 1 saturated heterocycles. The monoisotopic (exact) mass is 330 g/mol. The van der Waals surface area contributed by atoms with Crippen molar-refractivity contribution in [2.45, 2.75) is 38.1 Å². The van der Waals surface area contributed by atoms with Crippen molar-refractivity contribution in [2.75, 3.05) is 20.2 Å². The number of rotatable bonds is 4. The number of carbonyl (C=O) groups is 2. The highest BCUT2D eigenvalue weighted by Crippen LogP contribution is 2.29. The van der Waals surface area contributed by atoms with Crippen LogP contribution in [0.1, 0.15) is 42.5 Å². The molecule has 1 aromatic rings. The van der Waals surface area contributed by atoms with Crippen LogP contribution in [0.25, 0.3) is 0 Å². The quantitative estimate of drug-likeness (QED) is 0.860. The minimum Gasteiger partial charge on any atom is -0.497 e. The highest BCUT2D eigenvalue weighted by atomic mass is 16.5. The third-order valence-corrected chi connectivity index (χ3v) is 5.44. The Kier molecular flexibility index (Phi) is 5.19. The number of carbonyl (C=O) groups excluding carboxylic acids is 2. The number of ketones is 1. The molecule has 2 aliphatic rings. The molecule has 0 aromatic heterocycles. The zero-order valence-electron chi connectivity index (χ0n) is 14.2. The fourth-order valence-electron chi connectivity index (χ4n) is 3.88. The van der Waals surface area contributed by atoms with E-state index in [1.807, 2.05) is 29.2 Å². The topological polar surface area (TPSA) is 72.6 Å². The minimum absolute atomic E-state index is 0.000281. The van der Waals surface area contributed by atoms with Crippen molar-refractivity contribution in [3.8, 4) is 5.75 Å². The largest absolute Gasteiger partial charge is 0.497 e. The summed E-state index contributed by atoms with van der Waals surface area (Å²) in [5.41, 5.74) is 6.77. The molecule has 0 bridgehead atoms. The zero-order chi connectivity index (χ0) is 17.1. The van der Waals surface area contributed by atoms with Gasteiger partial charge in [0.1, 0.15) is 5.75 Å². The van der Waals surface area contributed by atoms with Gasteiger partial charge in [-0.05, 0) is 49.9 Å². The van der Waals surface area contributed by atoms with Crippen LogP contribution in [0.3, 0.4) is 0 Å². The average Bonchev–Trinajstić information content (AvgIpc) is 3.06. The van der Waals surface area contributed by atoms with Crippen LogP contribution in [0.15, 0.2) is 24.3 Å². The highest BCUT2D eigenvalue weighted by Gasteiger charge is 2.35. The Morgan fingerprint density at radius 2 is 1.75 bits per heavy atom. The summed E-state index contributed by atoms with van der Waals surface area (Å²) in [7, 11) is 1.61. The van der Waals surface area contributed by atoms with Crippen LogP contribution in [0, 0.1) is 11.8 Å². The van der Waals surface area contributed by atoms with E-state index in [2.05, 4.69) is 0 Å². The van der Waals surface area contributed by atoms with E-state index in [4.69, 9.17) is 10.5 Å². The van der Waals surface area contributed by atoms with Crippen LogP contribution in [-0.2, 0) is 4.79 Å². The number of nitrogens with zero attached hydrogens (tertiary/aromatic N) is 1. The summed E-state index contributed by atoms with van der Waals surface area (Å²) in [6.45, 7) is 1.32. The van der Waals surface area contributed by atoms with E-state index in [9.17, 15) is 9.59 Å². The molecule has 1 amide bonds. The SMILES string of the molecule is COc1ccc(C(=O)C2CCN(C(=O)C3CCCC3N)CC2)cc1. The van der Waals surface area contributed by atoms with Crippen LogP contribution >= 0.6 is 0 Å². The molecule has 2 N–H and O–H groups in total. The summed E-state index contributed by atoms with van der Waals surface area (Å²) in [6.07, 6.45) is 4.37. The Hall–Kier alpha value is -1.88. The second-order valence-corrected chi connectivity index (χ2v) is 6.89. The lowest BCUT2D eigenvalue weighted by Crippen LogP contribution is -2.46. The summed E-state index contributed by atoms with van der Waals surface area (Å²) in [5.74, 6) is 1.09. The maximum absolute atomic E-state index is 12.6. The summed E-state index contributed by atoms with van der Waals surface area (Å²) in [4.78, 5) is 27.1. The Labute approximate surface area is 143 Å². The van der Waals surface area contributed by atoms with Crippen molar-refractivity contribution in [2.24, 2.45) is 17.6 Å². The number of ether oxygens (including phenoxy) is 1. The van der Waals surface area contributed by atoms with Gasteiger partial charge in [0.2, 0.25) is 5.91 Å². The van der Waals surface area contributed by atoms with Crippen LogP contribution in [0.5, 0.6) is 5.75 Å². The van der Waals surface area contributed by atoms with Crippen molar-refractivity contribution in [3.05, 3.63) is 29.8 Å². The van der Waals surface area contributed by atoms with E-state index in [0.717, 1.165) is 43.4 Å². The van der Waals surface area contributed by atoms with Crippen molar-refractivity contribution < 1.29 is 14.3 Å². The third-order valence-electron chi connectivity index (χ3n) is 5.44. The van der Waals surface area contributed by atoms with Gasteiger partial charge in [-0.15, -0.1) is 0 Å². The van der Waals surface area contributed by atoms with Crippen LogP contribution < -0.4 is 10.5 Å². The maximum Gasteiger partial charge on any atom is 0.227 e. The molecule has 2 fully saturated rings. The van der Waals surface area contributed by atoms with Gasteiger partial charge in [-0.2, -0.15) is 0 Å². The molecule has 1 heterocycles. The minimum atomic E-state index is -0.0150. The summed E-state index contributed by atoms with van der Waals surface area (Å²) < 4.78 is 5.13. The van der Waals surface area contributed by atoms with Gasteiger partial charge in [-0.3, -0.25) is 9.59 Å². The molecule has 1 aliphatic carbocycles. The smallest absolute Gasteiger partial charge is 0.227 e. The molecule has 3 rings (SSSR count). The first kappa shape index (κ1) is 17.0. The van der Waals surface area contributed by atoms with Crippen molar-refractivity contribution in [1.82, 2.24) is 4.90 Å². The molecule has 24 heavy (non-hydrogen) atoms. The Morgan fingerprint density at radius 3 is 2.29 bits per heavy atom. The molecule has 2 unspecified atom stereocenters. The number of nitrogens with two attached hydrogens (primary N) is 1. The fraction of sp³-hybridized carbons (Fsp3) is 0.579. The standard InChI is InChI=1S/C19H26N2O3/c1-24-15-7-5-13(6-8-15)18(22)14-9-11-21(12-10-14)19(23)16-3-2-4-17(16)20/h5-8,14,16-17H,2-4,9-12,20H2,1H3. The molecule has 1 aliphatic heterocycles. The Bertz CT molecular complexity index is 591. The van der Waals surface area contributed by atoms with Crippen molar-refractivity contribution in [1.29, 1.82) is 0 Å². The van der Waals surface area contributed by atoms with Crippen LogP contribution in [0.4, 0.5) is 0 Å². The molecule has 1 aromatic carbocycles. The predicted octanol–water partition coefficient (Wildman–Crippen LogP) is 2.24. The molecular weight excluding hydrogens is 304 g/mol. The van der Waals surface area contributed by atoms with Gasteiger partial charge in [0, 0.05) is 30.6 Å². The molecule has 2 atom stereocenters. The average molecular weight is 330 g/mol. The summed E-state index contributed by atoms with van der Waals surface area (Å²) >= 11 is 0. The summed E-state index contributed by atoms with van der Waals surface area (Å²) in [6, 6.07) is 7.27. The number of hydrogen-bond acceptors (Lipinski definition) is 4. The number of likely N-dealkylation sites (tertiary alicyclic amines) is 1. The van der Waals surface area contributed by atoms with Gasteiger partial charge in [0.05, 0.1) is 13.0 Å². The first-order valence-electron chi connectivity index (χ1n) is 8.83. The number of hydrogen-bond donors (Lipinski definition) is 1. The molecule has 0 radical (unpaired) electrons. The Morgan fingerprint density at radius 1 is 1.08 bits per heavy atom. The fourth-order valence-corrected chi connectivity index (χ4v) is 3.88. The highest BCUT2D eigenvalue weighted by molar-refractivity contribution is 5.98. The first-order chi connectivity index (χ1) is 11.6. The van der Waals surface area contributed by atoms with E-state index >= 15 is 0 Å². The first-order valence-corrected chi connectivity index (χ1v) is 8.83. The molecule has 5 nitrogen and oxygen atoms in total. The van der Waals surface area contributed by atoms with E-state index in [1.54, 1.807) is 7.11 Å². The second-order valence-electron chi connectivity index (χ2n) is 6.89. The maximum atomic E-state index is 12.6. The normalized spacial score (nSPS) is 24.8. The summed E-state index contributed by atoms with van der Waals surface area (Å²) in [5, 5.41) is 0. The van der Waals surface area contributed by atoms with Gasteiger partial charge >= 0.3 is 0 Å².